The van der Waals surface area contributed by atoms with Crippen LogP contribution >= 0.6 is 0 Å². The first kappa shape index (κ1) is 13.8. The third-order valence-corrected chi connectivity index (χ3v) is 3.26. The number of hydrogen-bond donors (Lipinski definition) is 1. The van der Waals surface area contributed by atoms with Crippen molar-refractivity contribution in [2.24, 2.45) is 0 Å². The van der Waals surface area contributed by atoms with E-state index < -0.39 is 5.97 Å². The molecule has 19 heavy (non-hydrogen) atoms. The van der Waals surface area contributed by atoms with E-state index in [0.717, 1.165) is 38.5 Å². The average molecular weight is 264 g/mol. The topological polar surface area (TPSA) is 53.0 Å². The maximum atomic E-state index is 10.7. The molecule has 0 bridgehead atoms. The highest BCUT2D eigenvalue weighted by Crippen LogP contribution is 2.15. The average Bonchev–Trinajstić information content (AvgIpc) is 2.40. The molecule has 5 heteroatoms. The van der Waals surface area contributed by atoms with Crippen LogP contribution in [0.5, 0.6) is 0 Å². The van der Waals surface area contributed by atoms with E-state index in [9.17, 15) is 4.79 Å². The molecule has 1 N–H and O–H groups in total. The molecule has 1 aliphatic heterocycles. The van der Waals surface area contributed by atoms with Gasteiger partial charge in [-0.3, -0.25) is 9.69 Å². The Balaban J connectivity index is 1.92. The van der Waals surface area contributed by atoms with E-state index in [-0.39, 0.29) is 6.54 Å². The first-order valence-corrected chi connectivity index (χ1v) is 6.47. The summed E-state index contributed by atoms with van der Waals surface area (Å²) >= 11 is 0. The summed E-state index contributed by atoms with van der Waals surface area (Å²) in [5.74, 6) is -0.820. The summed E-state index contributed by atoms with van der Waals surface area (Å²) in [6, 6.07) is 8.06. The zero-order valence-corrected chi connectivity index (χ0v) is 11.2. The largest absolute Gasteiger partial charge is 0.480 e. The van der Waals surface area contributed by atoms with Crippen molar-refractivity contribution in [1.29, 1.82) is 0 Å². The molecule has 0 aliphatic carbocycles. The second-order valence-electron chi connectivity index (χ2n) is 4.80. The van der Waals surface area contributed by atoms with Crippen molar-refractivity contribution >= 4 is 11.7 Å². The molecule has 1 fully saturated rings. The van der Waals surface area contributed by atoms with Crippen LogP contribution < -0.4 is 4.90 Å². The fourth-order valence-electron chi connectivity index (χ4n) is 2.17. The molecule has 0 atom stereocenters. The van der Waals surface area contributed by atoms with E-state index in [4.69, 9.17) is 9.84 Å². The van der Waals surface area contributed by atoms with E-state index in [1.54, 1.807) is 11.9 Å². The van der Waals surface area contributed by atoms with Crippen LogP contribution in [0.1, 0.15) is 5.56 Å². The number of carboxylic acids is 1. The number of rotatable bonds is 5. The Morgan fingerprint density at radius 1 is 1.32 bits per heavy atom. The maximum Gasteiger partial charge on any atom is 0.323 e. The van der Waals surface area contributed by atoms with Gasteiger partial charge in [0.05, 0.1) is 13.2 Å². The van der Waals surface area contributed by atoms with Crippen LogP contribution in [0.4, 0.5) is 5.69 Å². The Kier molecular flexibility index (Phi) is 4.76. The molecule has 1 aliphatic rings. The molecule has 0 spiro atoms. The van der Waals surface area contributed by atoms with Crippen LogP contribution in [-0.2, 0) is 16.1 Å². The van der Waals surface area contributed by atoms with Crippen molar-refractivity contribution < 1.29 is 14.6 Å². The van der Waals surface area contributed by atoms with Crippen LogP contribution in [-0.4, -0.2) is 55.9 Å². The van der Waals surface area contributed by atoms with Gasteiger partial charge in [-0.2, -0.15) is 0 Å². The minimum Gasteiger partial charge on any atom is -0.480 e. The summed E-state index contributed by atoms with van der Waals surface area (Å²) in [6.07, 6.45) is 0. The zero-order valence-electron chi connectivity index (χ0n) is 11.2. The Bertz CT molecular complexity index is 413. The van der Waals surface area contributed by atoms with Crippen molar-refractivity contribution in [2.45, 2.75) is 6.54 Å². The van der Waals surface area contributed by atoms with Gasteiger partial charge in [-0.1, -0.05) is 12.1 Å². The number of ether oxygens (including phenoxy) is 1. The van der Waals surface area contributed by atoms with Crippen LogP contribution in [0.15, 0.2) is 24.3 Å². The van der Waals surface area contributed by atoms with Crippen molar-refractivity contribution in [1.82, 2.24) is 4.90 Å². The Morgan fingerprint density at radius 2 is 1.95 bits per heavy atom. The normalized spacial score (nSPS) is 16.3. The molecule has 0 unspecified atom stereocenters. The Morgan fingerprint density at radius 3 is 2.53 bits per heavy atom. The lowest BCUT2D eigenvalue weighted by Gasteiger charge is -2.26. The second-order valence-corrected chi connectivity index (χ2v) is 4.80. The monoisotopic (exact) mass is 264 g/mol. The van der Waals surface area contributed by atoms with Crippen LogP contribution in [0, 0.1) is 0 Å². The smallest absolute Gasteiger partial charge is 0.323 e. The van der Waals surface area contributed by atoms with Gasteiger partial charge in [-0.05, 0) is 17.7 Å². The van der Waals surface area contributed by atoms with Gasteiger partial charge < -0.3 is 14.7 Å². The summed E-state index contributed by atoms with van der Waals surface area (Å²) in [7, 11) is 1.78. The molecule has 2 rings (SSSR count). The third-order valence-electron chi connectivity index (χ3n) is 3.26. The predicted molar refractivity (Wildman–Crippen MR) is 73.4 cm³/mol. The van der Waals surface area contributed by atoms with E-state index in [1.165, 1.54) is 5.56 Å². The minimum absolute atomic E-state index is 0.0167. The first-order chi connectivity index (χ1) is 9.15. The highest BCUT2D eigenvalue weighted by atomic mass is 16.5. The van der Waals surface area contributed by atoms with Crippen molar-refractivity contribution in [3.8, 4) is 0 Å². The number of aliphatic carboxylic acids is 1. The molecule has 5 nitrogen and oxygen atoms in total. The molecule has 0 radical (unpaired) electrons. The summed E-state index contributed by atoms with van der Waals surface area (Å²) in [5, 5.41) is 8.76. The fraction of sp³-hybridized carbons (Fsp3) is 0.500. The van der Waals surface area contributed by atoms with Crippen LogP contribution in [0.25, 0.3) is 0 Å². The van der Waals surface area contributed by atoms with Gasteiger partial charge in [0.25, 0.3) is 0 Å². The Hall–Kier alpha value is -1.59. The van der Waals surface area contributed by atoms with Crippen molar-refractivity contribution in [2.75, 3.05) is 44.8 Å². The highest BCUT2D eigenvalue weighted by Gasteiger charge is 2.11. The quantitative estimate of drug-likeness (QED) is 0.861. The van der Waals surface area contributed by atoms with Gasteiger partial charge in [-0.25, -0.2) is 0 Å². The van der Waals surface area contributed by atoms with Crippen molar-refractivity contribution in [3.63, 3.8) is 0 Å². The number of carbonyl (C=O) groups is 1. The molecule has 0 aromatic heterocycles. The standard InChI is InChI=1S/C14H20N2O3/c1-15(11-14(17)18)13-4-2-12(3-5-13)10-16-6-8-19-9-7-16/h2-5H,6-11H2,1H3,(H,17,18). The number of carboxylic acid groups (broad SMARTS) is 1. The number of hydrogen-bond acceptors (Lipinski definition) is 4. The molecule has 0 saturated carbocycles. The van der Waals surface area contributed by atoms with Gasteiger partial charge in [-0.15, -0.1) is 0 Å². The number of nitrogens with zero attached hydrogens (tertiary/aromatic N) is 2. The molecule has 1 aromatic rings. The van der Waals surface area contributed by atoms with Gasteiger partial charge in [0.1, 0.15) is 6.54 Å². The molecule has 1 aromatic carbocycles. The lowest BCUT2D eigenvalue weighted by atomic mass is 10.2. The van der Waals surface area contributed by atoms with Crippen LogP contribution in [0.2, 0.25) is 0 Å². The van der Waals surface area contributed by atoms with E-state index in [1.807, 2.05) is 12.1 Å². The van der Waals surface area contributed by atoms with E-state index in [0.29, 0.717) is 0 Å². The second kappa shape index (κ2) is 6.54. The maximum absolute atomic E-state index is 10.7. The number of morpholine rings is 1. The number of anilines is 1. The molecule has 1 heterocycles. The summed E-state index contributed by atoms with van der Waals surface area (Å²) in [4.78, 5) is 14.7. The Labute approximate surface area is 113 Å². The zero-order chi connectivity index (χ0) is 13.7. The number of likely N-dealkylation sites (N-methyl/N-ethyl adjacent to an activating group) is 1. The summed E-state index contributed by atoms with van der Waals surface area (Å²) < 4.78 is 5.32. The summed E-state index contributed by atoms with van der Waals surface area (Å²) in [5.41, 5.74) is 2.17. The van der Waals surface area contributed by atoms with Gasteiger partial charge in [0.15, 0.2) is 0 Å². The predicted octanol–water partition coefficient (Wildman–Crippen LogP) is 1.04. The van der Waals surface area contributed by atoms with Gasteiger partial charge >= 0.3 is 5.97 Å². The van der Waals surface area contributed by atoms with E-state index in [2.05, 4.69) is 17.0 Å². The molecule has 0 amide bonds. The highest BCUT2D eigenvalue weighted by molar-refractivity contribution is 5.73. The van der Waals surface area contributed by atoms with E-state index >= 15 is 0 Å². The number of benzene rings is 1. The molecule has 1 saturated heterocycles. The van der Waals surface area contributed by atoms with Gasteiger partial charge in [0.2, 0.25) is 0 Å². The van der Waals surface area contributed by atoms with Crippen LogP contribution in [0.3, 0.4) is 0 Å². The SMILES string of the molecule is CN(CC(=O)O)c1ccc(CN2CCOCC2)cc1. The first-order valence-electron chi connectivity index (χ1n) is 6.47. The van der Waals surface area contributed by atoms with Crippen molar-refractivity contribution in [3.05, 3.63) is 29.8 Å². The minimum atomic E-state index is -0.820. The fourth-order valence-corrected chi connectivity index (χ4v) is 2.17. The molecule has 104 valence electrons. The lowest BCUT2D eigenvalue weighted by Crippen LogP contribution is -2.35. The third kappa shape index (κ3) is 4.22. The molecular weight excluding hydrogens is 244 g/mol. The lowest BCUT2D eigenvalue weighted by molar-refractivity contribution is -0.135. The van der Waals surface area contributed by atoms with Gasteiger partial charge in [0, 0.05) is 32.4 Å². The summed E-state index contributed by atoms with van der Waals surface area (Å²) in [6.45, 7) is 4.50. The molecular formula is C14H20N2O3.